The van der Waals surface area contributed by atoms with Crippen molar-refractivity contribution in [3.8, 4) is 15.4 Å². The van der Waals surface area contributed by atoms with Gasteiger partial charge in [-0.3, -0.25) is 14.2 Å². The van der Waals surface area contributed by atoms with E-state index in [1.807, 2.05) is 77.4 Å². The Kier molecular flexibility index (Phi) is 4.46. The number of carbonyl (C=O) groups excluding carboxylic acids is 2. The zero-order valence-electron chi connectivity index (χ0n) is 18.3. The minimum absolute atomic E-state index is 0.156. The van der Waals surface area contributed by atoms with Crippen LogP contribution in [0.5, 0.6) is 0 Å². The molecule has 4 nitrogen and oxygen atoms in total. The van der Waals surface area contributed by atoms with Gasteiger partial charge in [-0.15, -0.1) is 22.7 Å². The third kappa shape index (κ3) is 3.15. The molecule has 0 spiro atoms. The van der Waals surface area contributed by atoms with Crippen molar-refractivity contribution in [3.05, 3.63) is 113 Å². The number of Topliss-reactive ketones (excluding diaryl/α,β-unsaturated/α-hetero) is 2. The summed E-state index contributed by atoms with van der Waals surface area (Å²) >= 11 is 3.31. The van der Waals surface area contributed by atoms with Crippen LogP contribution in [-0.4, -0.2) is 21.1 Å². The van der Waals surface area contributed by atoms with Crippen molar-refractivity contribution in [2.24, 2.45) is 0 Å². The number of hydrogen-bond donors (Lipinski definition) is 0. The molecule has 1 aliphatic rings. The number of hydrogen-bond acceptors (Lipinski definition) is 5. The summed E-state index contributed by atoms with van der Waals surface area (Å²) < 4.78 is 2.02. The van der Waals surface area contributed by atoms with Gasteiger partial charge < -0.3 is 0 Å². The monoisotopic (exact) mass is 488 g/mol. The zero-order valence-corrected chi connectivity index (χ0v) is 19.9. The van der Waals surface area contributed by atoms with Gasteiger partial charge in [0.05, 0.1) is 11.1 Å². The fourth-order valence-corrected chi connectivity index (χ4v) is 6.49. The third-order valence-electron chi connectivity index (χ3n) is 6.30. The third-order valence-corrected chi connectivity index (χ3v) is 8.38. The quantitative estimate of drug-likeness (QED) is 0.192. The molecular weight excluding hydrogens is 472 g/mol. The van der Waals surface area contributed by atoms with Crippen LogP contribution in [0.2, 0.25) is 0 Å². The lowest BCUT2D eigenvalue weighted by molar-refractivity contribution is 0.0990. The average molecular weight is 489 g/mol. The largest absolute Gasteiger partial charge is 0.292 e. The normalized spacial score (nSPS) is 13.2. The smallest absolute Gasteiger partial charge is 0.197 e. The number of ketones is 2. The van der Waals surface area contributed by atoms with E-state index >= 15 is 0 Å². The molecule has 7 rings (SSSR count). The van der Waals surface area contributed by atoms with Crippen molar-refractivity contribution in [3.63, 3.8) is 0 Å². The van der Waals surface area contributed by atoms with Crippen molar-refractivity contribution in [1.29, 1.82) is 0 Å². The van der Waals surface area contributed by atoms with Crippen LogP contribution >= 0.6 is 22.7 Å². The maximum absolute atomic E-state index is 13.3. The van der Waals surface area contributed by atoms with Crippen molar-refractivity contribution in [2.45, 2.75) is 0 Å². The molecule has 3 heterocycles. The number of aromatic nitrogens is 2. The van der Waals surface area contributed by atoms with Gasteiger partial charge >= 0.3 is 0 Å². The molecule has 3 aromatic heterocycles. The molecule has 35 heavy (non-hydrogen) atoms. The summed E-state index contributed by atoms with van der Waals surface area (Å²) in [4.78, 5) is 34.8. The number of carbonyl (C=O) groups is 2. The fourth-order valence-electron chi connectivity index (χ4n) is 4.64. The Balaban J connectivity index is 1.41. The van der Waals surface area contributed by atoms with Crippen LogP contribution in [0.15, 0.2) is 95.9 Å². The number of benzene rings is 3. The zero-order chi connectivity index (χ0) is 23.5. The lowest BCUT2D eigenvalue weighted by Crippen LogP contribution is -2.03. The summed E-state index contributed by atoms with van der Waals surface area (Å²) in [6, 6.07) is 27.6. The van der Waals surface area contributed by atoms with Crippen molar-refractivity contribution in [1.82, 2.24) is 9.55 Å². The molecule has 1 aliphatic carbocycles. The molecule has 0 unspecified atom stereocenters. The van der Waals surface area contributed by atoms with Crippen molar-refractivity contribution < 1.29 is 9.59 Å². The van der Waals surface area contributed by atoms with Crippen LogP contribution in [0.25, 0.3) is 42.6 Å². The highest BCUT2D eigenvalue weighted by molar-refractivity contribution is 7.25. The summed E-state index contributed by atoms with van der Waals surface area (Å²) in [5.74, 6) is 0.0752. The van der Waals surface area contributed by atoms with Crippen LogP contribution in [0.1, 0.15) is 26.5 Å². The van der Waals surface area contributed by atoms with Crippen molar-refractivity contribution >= 4 is 61.4 Å². The fraction of sp³-hybridized carbons (Fsp3) is 0. The minimum Gasteiger partial charge on any atom is -0.292 e. The van der Waals surface area contributed by atoms with Gasteiger partial charge in [-0.1, -0.05) is 48.5 Å². The molecule has 0 bridgehead atoms. The predicted octanol–water partition coefficient (Wildman–Crippen LogP) is 7.43. The topological polar surface area (TPSA) is 52.0 Å². The van der Waals surface area contributed by atoms with E-state index in [0.29, 0.717) is 17.0 Å². The van der Waals surface area contributed by atoms with Gasteiger partial charge in [0.15, 0.2) is 11.6 Å². The van der Waals surface area contributed by atoms with E-state index < -0.39 is 0 Å². The van der Waals surface area contributed by atoms with Gasteiger partial charge in [0.1, 0.15) is 10.7 Å². The van der Waals surface area contributed by atoms with Gasteiger partial charge in [0.25, 0.3) is 0 Å². The number of nitrogens with zero attached hydrogens (tertiary/aromatic N) is 2. The van der Waals surface area contributed by atoms with Crippen LogP contribution in [0.4, 0.5) is 0 Å². The molecule has 0 saturated heterocycles. The molecule has 0 atom stereocenters. The second kappa shape index (κ2) is 7.70. The molecule has 0 radical (unpaired) electrons. The highest BCUT2D eigenvalue weighted by atomic mass is 32.1. The molecule has 0 aliphatic heterocycles. The summed E-state index contributed by atoms with van der Waals surface area (Å²) in [5, 5.41) is 3.95. The predicted molar refractivity (Wildman–Crippen MR) is 143 cm³/mol. The molecule has 3 aromatic carbocycles. The van der Waals surface area contributed by atoms with E-state index in [-0.39, 0.29) is 17.1 Å². The summed E-state index contributed by atoms with van der Waals surface area (Å²) in [7, 11) is 0. The van der Waals surface area contributed by atoms with Gasteiger partial charge in [0, 0.05) is 26.6 Å². The first-order valence-electron chi connectivity index (χ1n) is 11.1. The summed E-state index contributed by atoms with van der Waals surface area (Å²) in [6.45, 7) is 0. The summed E-state index contributed by atoms with van der Waals surface area (Å²) in [6.07, 6.45) is 1.65. The molecule has 0 N–H and O–H groups in total. The molecule has 6 aromatic rings. The number of para-hydroxylation sites is 1. The Hall–Kier alpha value is -4.13. The number of allylic oxidation sites excluding steroid dienone is 1. The Morgan fingerprint density at radius 2 is 1.43 bits per heavy atom. The number of fused-ring (bicyclic) bond motifs is 3. The van der Waals surface area contributed by atoms with Gasteiger partial charge in [-0.25, -0.2) is 4.98 Å². The molecule has 166 valence electrons. The number of thiophene rings is 2. The van der Waals surface area contributed by atoms with E-state index in [9.17, 15) is 9.59 Å². The minimum atomic E-state index is -0.249. The lowest BCUT2D eigenvalue weighted by Gasteiger charge is -2.06. The Labute approximate surface area is 208 Å². The molecule has 0 saturated carbocycles. The van der Waals surface area contributed by atoms with Crippen LogP contribution in [0, 0.1) is 0 Å². The Bertz CT molecular complexity index is 1770. The molecule has 6 heteroatoms. The van der Waals surface area contributed by atoms with Gasteiger partial charge in [-0.05, 0) is 58.6 Å². The SMILES string of the molecule is O=C1C(=Cc2nc3sc(-c4cccs4)cc3n2-c2ccccc2)C(=O)c2cc3ccccc3cc21. The first-order chi connectivity index (χ1) is 17.2. The lowest BCUT2D eigenvalue weighted by atomic mass is 10.0. The summed E-state index contributed by atoms with van der Waals surface area (Å²) in [5.41, 5.74) is 2.96. The molecular formula is C29H16N2O2S2. The van der Waals surface area contributed by atoms with E-state index in [1.54, 1.807) is 28.7 Å². The van der Waals surface area contributed by atoms with E-state index in [4.69, 9.17) is 4.98 Å². The average Bonchev–Trinajstić information content (AvgIpc) is 3.65. The van der Waals surface area contributed by atoms with E-state index in [2.05, 4.69) is 17.5 Å². The maximum Gasteiger partial charge on any atom is 0.197 e. The first kappa shape index (κ1) is 20.3. The maximum atomic E-state index is 13.3. The second-order valence-corrected chi connectivity index (χ2v) is 10.4. The number of rotatable bonds is 3. The van der Waals surface area contributed by atoms with E-state index in [1.165, 1.54) is 4.88 Å². The standard InChI is InChI=1S/C29H16N2O2S2/c32-27-20-13-17-7-4-5-8-18(17)14-21(20)28(33)22(27)15-26-30-29-23(31(26)19-9-2-1-3-10-19)16-25(35-29)24-11-6-12-34-24/h1-16H. The van der Waals surface area contributed by atoms with Gasteiger partial charge in [-0.2, -0.15) is 0 Å². The van der Waals surface area contributed by atoms with Crippen molar-refractivity contribution in [2.75, 3.05) is 0 Å². The van der Waals surface area contributed by atoms with E-state index in [0.717, 1.165) is 31.7 Å². The highest BCUT2D eigenvalue weighted by Gasteiger charge is 2.34. The second-order valence-electron chi connectivity index (χ2n) is 8.38. The first-order valence-corrected chi connectivity index (χ1v) is 12.8. The Morgan fingerprint density at radius 3 is 2.09 bits per heavy atom. The van der Waals surface area contributed by atoms with Crippen LogP contribution in [0.3, 0.4) is 0 Å². The van der Waals surface area contributed by atoms with Crippen LogP contribution < -0.4 is 0 Å². The molecule has 0 amide bonds. The Morgan fingerprint density at radius 1 is 0.743 bits per heavy atom. The molecule has 0 fully saturated rings. The van der Waals surface area contributed by atoms with Gasteiger partial charge in [0.2, 0.25) is 0 Å². The highest BCUT2D eigenvalue weighted by Crippen LogP contribution is 2.38. The van der Waals surface area contributed by atoms with Crippen LogP contribution in [-0.2, 0) is 0 Å². The number of imidazole rings is 1.